The summed E-state index contributed by atoms with van der Waals surface area (Å²) in [5.74, 6) is -1.89. The molecule has 2 aliphatic rings. The zero-order chi connectivity index (χ0) is 23.6. The van der Waals surface area contributed by atoms with Crippen LogP contribution in [-0.2, 0) is 19.1 Å². The maximum atomic E-state index is 12.6. The zero-order valence-corrected chi connectivity index (χ0v) is 18.9. The van der Waals surface area contributed by atoms with Crippen molar-refractivity contribution >= 4 is 56.7 Å². The van der Waals surface area contributed by atoms with E-state index in [1.165, 1.54) is 23.1 Å². The minimum absolute atomic E-state index is 0.0512. The van der Waals surface area contributed by atoms with E-state index in [2.05, 4.69) is 15.6 Å². The summed E-state index contributed by atoms with van der Waals surface area (Å²) in [6, 6.07) is 5.13. The predicted octanol–water partition coefficient (Wildman–Crippen LogP) is 2.64. The number of fused-ring (bicyclic) bond motifs is 1. The maximum Gasteiger partial charge on any atom is 0.406 e. The van der Waals surface area contributed by atoms with Gasteiger partial charge in [-0.3, -0.25) is 14.4 Å². The average Bonchev–Trinajstić information content (AvgIpc) is 3.46. The van der Waals surface area contributed by atoms with Crippen LogP contribution in [0.3, 0.4) is 0 Å². The van der Waals surface area contributed by atoms with Crippen molar-refractivity contribution in [1.82, 2.24) is 15.2 Å². The molecule has 2 fully saturated rings. The number of nitrogens with zero attached hydrogens (tertiary/aromatic N) is 2. The summed E-state index contributed by atoms with van der Waals surface area (Å²) in [7, 11) is 0. The van der Waals surface area contributed by atoms with Crippen LogP contribution >= 0.6 is 23.1 Å². The molecule has 13 heteroatoms. The molecule has 2 N–H and O–H groups in total. The highest BCUT2D eigenvalue weighted by atomic mass is 32.2. The van der Waals surface area contributed by atoms with Gasteiger partial charge in [-0.15, -0.1) is 11.3 Å². The van der Waals surface area contributed by atoms with Gasteiger partial charge in [-0.1, -0.05) is 11.8 Å². The van der Waals surface area contributed by atoms with E-state index < -0.39 is 30.5 Å². The molecular weight excluding hydrogens is 481 g/mol. The van der Waals surface area contributed by atoms with E-state index in [1.54, 1.807) is 18.2 Å². The smallest absolute Gasteiger partial charge is 0.379 e. The van der Waals surface area contributed by atoms with Crippen molar-refractivity contribution in [3.63, 3.8) is 0 Å². The number of nitrogens with one attached hydrogen (secondary N) is 2. The van der Waals surface area contributed by atoms with Crippen LogP contribution in [0.4, 0.5) is 18.9 Å². The van der Waals surface area contributed by atoms with E-state index in [0.717, 1.165) is 11.1 Å². The highest BCUT2D eigenvalue weighted by Crippen LogP contribution is 2.32. The van der Waals surface area contributed by atoms with Gasteiger partial charge in [0.25, 0.3) is 0 Å². The number of aromatic nitrogens is 1. The van der Waals surface area contributed by atoms with Crippen LogP contribution in [0.2, 0.25) is 0 Å². The third-order valence-corrected chi connectivity index (χ3v) is 7.37. The molecule has 2 aromatic rings. The Kier molecular flexibility index (Phi) is 7.10. The van der Waals surface area contributed by atoms with Gasteiger partial charge in [-0.05, 0) is 24.6 Å². The van der Waals surface area contributed by atoms with Gasteiger partial charge < -0.3 is 20.3 Å². The first-order valence-corrected chi connectivity index (χ1v) is 12.0. The van der Waals surface area contributed by atoms with E-state index in [1.807, 2.05) is 0 Å². The zero-order valence-electron chi connectivity index (χ0n) is 17.3. The number of anilines is 1. The van der Waals surface area contributed by atoms with Gasteiger partial charge in [-0.25, -0.2) is 4.98 Å². The minimum atomic E-state index is -4.50. The number of halogens is 3. The Bertz CT molecular complexity index is 1060. The molecule has 0 spiro atoms. The van der Waals surface area contributed by atoms with E-state index >= 15 is 0 Å². The molecule has 0 bridgehead atoms. The number of thioether (sulfide) groups is 1. The lowest BCUT2D eigenvalue weighted by molar-refractivity contribution is -0.157. The number of alkyl halides is 3. The first-order valence-electron chi connectivity index (χ1n) is 10.2. The fraction of sp³-hybridized carbons (Fsp3) is 0.500. The lowest BCUT2D eigenvalue weighted by Crippen LogP contribution is -2.36. The average molecular weight is 503 g/mol. The molecule has 2 aliphatic heterocycles. The molecule has 3 amide bonds. The van der Waals surface area contributed by atoms with Crippen molar-refractivity contribution in [3.05, 3.63) is 18.2 Å². The Morgan fingerprint density at radius 3 is 2.88 bits per heavy atom. The topological polar surface area (TPSA) is 101 Å². The lowest BCUT2D eigenvalue weighted by Gasteiger charge is -2.18. The summed E-state index contributed by atoms with van der Waals surface area (Å²) >= 11 is 2.69. The highest BCUT2D eigenvalue weighted by Gasteiger charge is 2.40. The summed E-state index contributed by atoms with van der Waals surface area (Å²) < 4.78 is 44.4. The van der Waals surface area contributed by atoms with Gasteiger partial charge in [0.15, 0.2) is 4.34 Å². The Balaban J connectivity index is 1.32. The Hall–Kier alpha value is -2.38. The van der Waals surface area contributed by atoms with Crippen LogP contribution in [0.5, 0.6) is 0 Å². The van der Waals surface area contributed by atoms with Gasteiger partial charge >= 0.3 is 6.18 Å². The molecule has 3 heterocycles. The largest absolute Gasteiger partial charge is 0.406 e. The van der Waals surface area contributed by atoms with Gasteiger partial charge in [0.2, 0.25) is 17.7 Å². The van der Waals surface area contributed by atoms with Crippen LogP contribution in [0.25, 0.3) is 10.2 Å². The normalized spacial score (nSPS) is 21.1. The molecule has 0 saturated carbocycles. The Morgan fingerprint density at radius 2 is 2.15 bits per heavy atom. The number of likely N-dealkylation sites (tertiary alicyclic amines) is 1. The molecule has 1 aromatic carbocycles. The summed E-state index contributed by atoms with van der Waals surface area (Å²) in [5, 5.41) is 5.59. The van der Waals surface area contributed by atoms with Crippen molar-refractivity contribution in [3.8, 4) is 0 Å². The molecule has 4 rings (SSSR count). The predicted molar refractivity (Wildman–Crippen MR) is 117 cm³/mol. The van der Waals surface area contributed by atoms with Crippen LogP contribution in [0.1, 0.15) is 12.8 Å². The number of benzene rings is 1. The molecule has 2 unspecified atom stereocenters. The molecule has 0 aliphatic carbocycles. The summed E-state index contributed by atoms with van der Waals surface area (Å²) in [5.41, 5.74) is 1.17. The third kappa shape index (κ3) is 6.36. The Morgan fingerprint density at radius 1 is 1.33 bits per heavy atom. The van der Waals surface area contributed by atoms with Crippen molar-refractivity contribution in [2.75, 3.05) is 37.4 Å². The molecule has 2 atom stereocenters. The fourth-order valence-corrected chi connectivity index (χ4v) is 5.57. The first-order chi connectivity index (χ1) is 15.7. The summed E-state index contributed by atoms with van der Waals surface area (Å²) in [4.78, 5) is 41.5. The van der Waals surface area contributed by atoms with E-state index in [-0.39, 0.29) is 30.7 Å². The number of amides is 3. The quantitative estimate of drug-likeness (QED) is 0.565. The third-order valence-electron chi connectivity index (χ3n) is 5.21. The van der Waals surface area contributed by atoms with Crippen molar-refractivity contribution in [2.24, 2.45) is 5.92 Å². The fourth-order valence-electron chi connectivity index (χ4n) is 3.65. The van der Waals surface area contributed by atoms with E-state index in [4.69, 9.17) is 4.74 Å². The van der Waals surface area contributed by atoms with E-state index in [9.17, 15) is 27.6 Å². The molecule has 178 valence electrons. The lowest BCUT2D eigenvalue weighted by atomic mass is 10.1. The van der Waals surface area contributed by atoms with Crippen LogP contribution in [0, 0.1) is 5.92 Å². The maximum absolute atomic E-state index is 12.6. The second-order valence-corrected chi connectivity index (χ2v) is 10.1. The highest BCUT2D eigenvalue weighted by molar-refractivity contribution is 8.01. The monoisotopic (exact) mass is 502 g/mol. The summed E-state index contributed by atoms with van der Waals surface area (Å²) in [6.45, 7) is -0.433. The first kappa shape index (κ1) is 23.8. The van der Waals surface area contributed by atoms with Gasteiger partial charge in [0, 0.05) is 25.3 Å². The second kappa shape index (κ2) is 9.85. The van der Waals surface area contributed by atoms with Crippen molar-refractivity contribution in [2.45, 2.75) is 29.4 Å². The number of rotatable bonds is 7. The van der Waals surface area contributed by atoms with E-state index in [0.29, 0.717) is 33.7 Å². The number of carbonyl (C=O) groups excluding carboxylic acids is 3. The van der Waals surface area contributed by atoms with Crippen LogP contribution in [0.15, 0.2) is 22.5 Å². The molecule has 0 radical (unpaired) electrons. The molecular formula is C20H21F3N4O4S2. The molecule has 8 nitrogen and oxygen atoms in total. The minimum Gasteiger partial charge on any atom is -0.379 e. The standard InChI is InChI=1S/C20H21F3N4O4S2/c21-20(22,23)10-27-7-11(5-17(27)29)18(30)25-12-1-2-14-15(6-12)33-19(26-14)32-9-16(28)24-13-3-4-31-8-13/h1-2,6,11,13H,3-5,7-10H2,(H,24,28)(H,25,30). The van der Waals surface area contributed by atoms with Crippen LogP contribution < -0.4 is 10.6 Å². The number of hydrogen-bond donors (Lipinski definition) is 2. The number of hydrogen-bond acceptors (Lipinski definition) is 7. The molecule has 1 aromatic heterocycles. The van der Waals surface area contributed by atoms with Crippen molar-refractivity contribution < 1.29 is 32.3 Å². The van der Waals surface area contributed by atoms with Gasteiger partial charge in [-0.2, -0.15) is 13.2 Å². The van der Waals surface area contributed by atoms with Crippen molar-refractivity contribution in [1.29, 1.82) is 0 Å². The van der Waals surface area contributed by atoms with Gasteiger partial charge in [0.05, 0.1) is 34.5 Å². The number of ether oxygens (including phenoxy) is 1. The number of thiazole rings is 1. The summed E-state index contributed by atoms with van der Waals surface area (Å²) in [6.07, 6.45) is -3.94. The van der Waals surface area contributed by atoms with Crippen LogP contribution in [-0.4, -0.2) is 71.9 Å². The Labute approximate surface area is 195 Å². The molecule has 33 heavy (non-hydrogen) atoms. The second-order valence-electron chi connectivity index (χ2n) is 7.86. The number of carbonyl (C=O) groups is 3. The SMILES string of the molecule is O=C(CSc1nc2ccc(NC(=O)C3CC(=O)N(CC(F)(F)F)C3)cc2s1)NC1CCOC1. The van der Waals surface area contributed by atoms with Gasteiger partial charge in [0.1, 0.15) is 6.54 Å². The molecule has 2 saturated heterocycles.